The van der Waals surface area contributed by atoms with Crippen molar-refractivity contribution >= 4 is 5.78 Å². The molecule has 0 aliphatic heterocycles. The van der Waals surface area contributed by atoms with Gasteiger partial charge in [-0.25, -0.2) is 0 Å². The Hall–Kier alpha value is -2.52. The van der Waals surface area contributed by atoms with Crippen molar-refractivity contribution < 1.29 is 18.0 Å². The Labute approximate surface area is 124 Å². The summed E-state index contributed by atoms with van der Waals surface area (Å²) in [6.45, 7) is 0. The number of hydrogen-bond acceptors (Lipinski definition) is 3. The average molecular weight is 308 g/mol. The molecule has 5 nitrogen and oxygen atoms in total. The SMILES string of the molecule is N#Cc1cc(C2(N=[N+]=[N-])CCCCC2=O)ccc1C(F)(F)F. The predicted molar refractivity (Wildman–Crippen MR) is 70.5 cm³/mol. The molecular formula is C14H11F3N4O. The molecule has 22 heavy (non-hydrogen) atoms. The average Bonchev–Trinajstić information content (AvgIpc) is 2.48. The molecule has 1 aromatic rings. The number of rotatable bonds is 2. The molecule has 1 unspecified atom stereocenters. The molecule has 1 aliphatic carbocycles. The molecule has 0 bridgehead atoms. The van der Waals surface area contributed by atoms with Crippen LogP contribution in [0.2, 0.25) is 0 Å². The summed E-state index contributed by atoms with van der Waals surface area (Å²) in [6.07, 6.45) is -2.97. The van der Waals surface area contributed by atoms with Crippen molar-refractivity contribution in [1.29, 1.82) is 5.26 Å². The minimum atomic E-state index is -4.66. The summed E-state index contributed by atoms with van der Waals surface area (Å²) in [5.74, 6) is -0.333. The highest BCUT2D eigenvalue weighted by Crippen LogP contribution is 2.40. The second-order valence-electron chi connectivity index (χ2n) is 5.05. The third-order valence-corrected chi connectivity index (χ3v) is 3.79. The zero-order valence-electron chi connectivity index (χ0n) is 11.4. The first-order valence-corrected chi connectivity index (χ1v) is 6.56. The lowest BCUT2D eigenvalue weighted by molar-refractivity contribution is -0.137. The molecule has 1 aliphatic rings. The fraction of sp³-hybridized carbons (Fsp3) is 0.429. The first kappa shape index (κ1) is 15.9. The minimum absolute atomic E-state index is 0.138. The molecule has 0 spiro atoms. The van der Waals surface area contributed by atoms with E-state index in [4.69, 9.17) is 10.8 Å². The molecule has 0 saturated heterocycles. The number of azide groups is 1. The van der Waals surface area contributed by atoms with Crippen LogP contribution in [0.1, 0.15) is 42.4 Å². The Morgan fingerprint density at radius 1 is 1.36 bits per heavy atom. The van der Waals surface area contributed by atoms with Crippen LogP contribution in [0.5, 0.6) is 0 Å². The fourth-order valence-electron chi connectivity index (χ4n) is 2.70. The Balaban J connectivity index is 2.62. The number of alkyl halides is 3. The number of nitriles is 1. The van der Waals surface area contributed by atoms with Crippen LogP contribution in [0.25, 0.3) is 10.4 Å². The van der Waals surface area contributed by atoms with Crippen LogP contribution in [-0.2, 0) is 16.5 Å². The summed E-state index contributed by atoms with van der Waals surface area (Å²) < 4.78 is 38.5. The van der Waals surface area contributed by atoms with Gasteiger partial charge in [0.25, 0.3) is 0 Å². The van der Waals surface area contributed by atoms with Crippen LogP contribution in [0.15, 0.2) is 23.3 Å². The van der Waals surface area contributed by atoms with Gasteiger partial charge in [0.15, 0.2) is 0 Å². The van der Waals surface area contributed by atoms with Crippen molar-refractivity contribution in [2.24, 2.45) is 5.11 Å². The number of halogens is 3. The van der Waals surface area contributed by atoms with E-state index in [0.717, 1.165) is 18.2 Å². The third-order valence-electron chi connectivity index (χ3n) is 3.79. The van der Waals surface area contributed by atoms with Gasteiger partial charge < -0.3 is 0 Å². The number of carbonyl (C=O) groups excluding carboxylic acids is 1. The largest absolute Gasteiger partial charge is 0.417 e. The van der Waals surface area contributed by atoms with Crippen LogP contribution in [0, 0.1) is 11.3 Å². The number of Topliss-reactive ketones (excluding diaryl/α,β-unsaturated/α-hetero) is 1. The van der Waals surface area contributed by atoms with Gasteiger partial charge in [0.05, 0.1) is 17.2 Å². The van der Waals surface area contributed by atoms with Gasteiger partial charge in [-0.05, 0) is 36.1 Å². The zero-order valence-corrected chi connectivity index (χ0v) is 11.4. The van der Waals surface area contributed by atoms with Gasteiger partial charge in [-0.3, -0.25) is 4.79 Å². The van der Waals surface area contributed by atoms with Crippen molar-refractivity contribution in [3.05, 3.63) is 45.3 Å². The van der Waals surface area contributed by atoms with E-state index in [0.29, 0.717) is 12.8 Å². The highest BCUT2D eigenvalue weighted by atomic mass is 19.4. The molecule has 8 heteroatoms. The molecule has 1 fully saturated rings. The van der Waals surface area contributed by atoms with Gasteiger partial charge in [-0.1, -0.05) is 17.6 Å². The maximum atomic E-state index is 12.8. The van der Waals surface area contributed by atoms with Gasteiger partial charge in [-0.15, -0.1) is 0 Å². The zero-order chi connectivity index (χ0) is 16.4. The summed E-state index contributed by atoms with van der Waals surface area (Å²) in [4.78, 5) is 14.9. The van der Waals surface area contributed by atoms with Crippen molar-refractivity contribution in [2.45, 2.75) is 37.4 Å². The van der Waals surface area contributed by atoms with E-state index in [1.807, 2.05) is 0 Å². The number of nitrogens with zero attached hydrogens (tertiary/aromatic N) is 4. The number of benzene rings is 1. The topological polar surface area (TPSA) is 89.6 Å². The molecule has 1 aromatic carbocycles. The van der Waals surface area contributed by atoms with Gasteiger partial charge in [0.2, 0.25) is 0 Å². The molecule has 0 N–H and O–H groups in total. The lowest BCUT2D eigenvalue weighted by Crippen LogP contribution is -2.36. The Morgan fingerprint density at radius 2 is 2.09 bits per heavy atom. The number of ketones is 1. The predicted octanol–water partition coefficient (Wildman–Crippen LogP) is 4.23. The molecule has 114 valence electrons. The monoisotopic (exact) mass is 308 g/mol. The minimum Gasteiger partial charge on any atom is -0.299 e. The lowest BCUT2D eigenvalue weighted by Gasteiger charge is -2.32. The highest BCUT2D eigenvalue weighted by Gasteiger charge is 2.42. The lowest BCUT2D eigenvalue weighted by atomic mass is 9.75. The van der Waals surface area contributed by atoms with Crippen LogP contribution >= 0.6 is 0 Å². The maximum Gasteiger partial charge on any atom is 0.417 e. The Bertz CT molecular complexity index is 701. The molecular weight excluding hydrogens is 297 g/mol. The summed E-state index contributed by atoms with van der Waals surface area (Å²) in [6, 6.07) is 4.36. The highest BCUT2D eigenvalue weighted by molar-refractivity contribution is 5.90. The van der Waals surface area contributed by atoms with E-state index in [1.54, 1.807) is 0 Å². The quantitative estimate of drug-likeness (QED) is 0.465. The van der Waals surface area contributed by atoms with Crippen LogP contribution in [-0.4, -0.2) is 5.78 Å². The van der Waals surface area contributed by atoms with Gasteiger partial charge in [0, 0.05) is 11.3 Å². The van der Waals surface area contributed by atoms with Crippen molar-refractivity contribution in [3.63, 3.8) is 0 Å². The Morgan fingerprint density at radius 3 is 2.64 bits per heavy atom. The number of carbonyl (C=O) groups is 1. The first-order chi connectivity index (χ1) is 10.3. The molecule has 1 saturated carbocycles. The fourth-order valence-corrected chi connectivity index (χ4v) is 2.70. The molecule has 0 heterocycles. The molecule has 2 rings (SSSR count). The molecule has 1 atom stereocenters. The van der Waals surface area contributed by atoms with E-state index in [9.17, 15) is 18.0 Å². The Kier molecular flexibility index (Phi) is 4.11. The summed E-state index contributed by atoms with van der Waals surface area (Å²) in [5, 5.41) is 12.5. The van der Waals surface area contributed by atoms with Gasteiger partial charge in [0.1, 0.15) is 11.3 Å². The standard InChI is InChI=1S/C14H11F3N4O/c15-14(16,17)11-5-4-10(7-9(11)8-18)13(20-21-19)6-2-1-3-12(13)22/h4-5,7H,1-3,6H2. The maximum absolute atomic E-state index is 12.8. The van der Waals surface area contributed by atoms with Gasteiger partial charge in [-0.2, -0.15) is 18.4 Å². The smallest absolute Gasteiger partial charge is 0.299 e. The third kappa shape index (κ3) is 2.63. The first-order valence-electron chi connectivity index (χ1n) is 6.56. The number of hydrogen-bond donors (Lipinski definition) is 0. The summed E-state index contributed by atoms with van der Waals surface area (Å²) in [7, 11) is 0. The molecule has 0 amide bonds. The van der Waals surface area contributed by atoms with Crippen LogP contribution in [0.4, 0.5) is 13.2 Å². The van der Waals surface area contributed by atoms with Crippen molar-refractivity contribution in [1.82, 2.24) is 0 Å². The summed E-state index contributed by atoms with van der Waals surface area (Å²) >= 11 is 0. The normalized spacial score (nSPS) is 21.8. The second-order valence-corrected chi connectivity index (χ2v) is 5.05. The molecule has 0 aromatic heterocycles. The summed E-state index contributed by atoms with van der Waals surface area (Å²) in [5.41, 5.74) is 5.70. The van der Waals surface area contributed by atoms with E-state index < -0.39 is 22.8 Å². The van der Waals surface area contributed by atoms with Crippen LogP contribution in [0.3, 0.4) is 0 Å². The second kappa shape index (κ2) is 5.70. The van der Waals surface area contributed by atoms with Crippen LogP contribution < -0.4 is 0 Å². The molecule has 0 radical (unpaired) electrons. The van der Waals surface area contributed by atoms with Crippen molar-refractivity contribution in [2.75, 3.05) is 0 Å². The van der Waals surface area contributed by atoms with Gasteiger partial charge >= 0.3 is 6.18 Å². The van der Waals surface area contributed by atoms with E-state index >= 15 is 0 Å². The van der Waals surface area contributed by atoms with E-state index in [-0.39, 0.29) is 24.2 Å². The van der Waals surface area contributed by atoms with Crippen molar-refractivity contribution in [3.8, 4) is 6.07 Å². The van der Waals surface area contributed by atoms with E-state index in [1.165, 1.54) is 6.07 Å². The van der Waals surface area contributed by atoms with E-state index in [2.05, 4.69) is 10.0 Å².